The normalized spacial score (nSPS) is 16.4. The fourth-order valence-corrected chi connectivity index (χ4v) is 3.25. The number of aromatic nitrogens is 1. The predicted octanol–water partition coefficient (Wildman–Crippen LogP) is 1.76. The van der Waals surface area contributed by atoms with Gasteiger partial charge in [-0.15, -0.1) is 0 Å². The molecule has 8 nitrogen and oxygen atoms in total. The molecule has 0 spiro atoms. The average molecular weight is 429 g/mol. The number of carboxylic acid groups (broad SMARTS) is 2. The Bertz CT molecular complexity index is 894. The molecule has 2 atom stereocenters. The Hall–Kier alpha value is -3.17. The standard InChI is InChI=1S/C14H14N2O2.C7H9NO3S/c15-13(14(17)18)8-10-3-5-11(6-4-10)12-2-1-7-16-9-12;1-4(9)8-3-5(12)2-6(8)7(10)11/h1-7,9,13H,8,15H2,(H,17,18);6H,2-3H2,1H3,(H,10,11)/t13-;6-/m00/s1. The average Bonchev–Trinajstić information content (AvgIpc) is 3.12. The number of thiocarbonyl (C=S) groups is 1. The van der Waals surface area contributed by atoms with Gasteiger partial charge in [-0.2, -0.15) is 0 Å². The molecule has 1 fully saturated rings. The minimum atomic E-state index is -0.981. The molecular weight excluding hydrogens is 406 g/mol. The van der Waals surface area contributed by atoms with Crippen molar-refractivity contribution in [3.8, 4) is 11.1 Å². The molecule has 0 aliphatic carbocycles. The number of benzene rings is 1. The van der Waals surface area contributed by atoms with Gasteiger partial charge in [0.25, 0.3) is 0 Å². The molecule has 9 heteroatoms. The van der Waals surface area contributed by atoms with Gasteiger partial charge in [0.15, 0.2) is 0 Å². The van der Waals surface area contributed by atoms with Crippen molar-refractivity contribution in [2.24, 2.45) is 5.73 Å². The number of amides is 1. The fraction of sp³-hybridized carbons (Fsp3) is 0.286. The summed E-state index contributed by atoms with van der Waals surface area (Å²) in [7, 11) is 0. The van der Waals surface area contributed by atoms with Crippen molar-refractivity contribution in [2.75, 3.05) is 6.54 Å². The molecule has 2 aromatic rings. The number of rotatable bonds is 5. The van der Waals surface area contributed by atoms with Crippen molar-refractivity contribution in [3.05, 3.63) is 54.4 Å². The van der Waals surface area contributed by atoms with E-state index in [1.807, 2.05) is 36.4 Å². The van der Waals surface area contributed by atoms with E-state index in [-0.39, 0.29) is 5.91 Å². The highest BCUT2D eigenvalue weighted by atomic mass is 32.1. The summed E-state index contributed by atoms with van der Waals surface area (Å²) in [4.78, 5) is 38.2. The molecule has 1 aliphatic heterocycles. The SMILES string of the molecule is CC(=O)N1CC(=S)C[C@H]1C(=O)O.N[C@@H](Cc1ccc(-c2cccnc2)cc1)C(=O)O. The monoisotopic (exact) mass is 429 g/mol. The maximum absolute atomic E-state index is 10.9. The summed E-state index contributed by atoms with van der Waals surface area (Å²) in [5.41, 5.74) is 8.49. The summed E-state index contributed by atoms with van der Waals surface area (Å²) >= 11 is 4.85. The molecule has 2 heterocycles. The number of carbonyl (C=O) groups is 3. The molecule has 3 rings (SSSR count). The van der Waals surface area contributed by atoms with Crippen LogP contribution in [0.15, 0.2) is 48.8 Å². The van der Waals surface area contributed by atoms with Crippen LogP contribution in [0.1, 0.15) is 18.9 Å². The third-order valence-electron chi connectivity index (χ3n) is 4.56. The molecule has 1 saturated heterocycles. The van der Waals surface area contributed by atoms with Crippen molar-refractivity contribution < 1.29 is 24.6 Å². The third kappa shape index (κ3) is 6.43. The van der Waals surface area contributed by atoms with E-state index in [0.29, 0.717) is 24.3 Å². The molecule has 1 aliphatic rings. The Morgan fingerprint density at radius 3 is 2.33 bits per heavy atom. The number of carbonyl (C=O) groups excluding carboxylic acids is 1. The lowest BCUT2D eigenvalue weighted by Crippen LogP contribution is -2.39. The Kier molecular flexibility index (Phi) is 8.14. The van der Waals surface area contributed by atoms with Gasteiger partial charge in [-0.05, 0) is 29.2 Å². The highest BCUT2D eigenvalue weighted by Crippen LogP contribution is 2.19. The molecular formula is C21H23N3O5S. The van der Waals surface area contributed by atoms with Crippen molar-refractivity contribution in [1.82, 2.24) is 9.88 Å². The molecule has 30 heavy (non-hydrogen) atoms. The maximum Gasteiger partial charge on any atom is 0.326 e. The van der Waals surface area contributed by atoms with Gasteiger partial charge in [0, 0.05) is 30.6 Å². The number of nitrogens with zero attached hydrogens (tertiary/aromatic N) is 2. The van der Waals surface area contributed by atoms with Crippen molar-refractivity contribution in [2.45, 2.75) is 31.8 Å². The fourth-order valence-electron chi connectivity index (χ4n) is 2.95. The van der Waals surface area contributed by atoms with E-state index in [4.69, 9.17) is 28.2 Å². The van der Waals surface area contributed by atoms with Crippen LogP contribution in [0.3, 0.4) is 0 Å². The third-order valence-corrected chi connectivity index (χ3v) is 4.85. The van der Waals surface area contributed by atoms with E-state index < -0.39 is 24.0 Å². The molecule has 0 radical (unpaired) electrons. The summed E-state index contributed by atoms with van der Waals surface area (Å²) in [6.07, 6.45) is 4.16. The Morgan fingerprint density at radius 1 is 1.20 bits per heavy atom. The van der Waals surface area contributed by atoms with Gasteiger partial charge >= 0.3 is 11.9 Å². The molecule has 0 bridgehead atoms. The molecule has 158 valence electrons. The number of nitrogens with two attached hydrogens (primary N) is 1. The number of aliphatic carboxylic acids is 2. The largest absolute Gasteiger partial charge is 0.480 e. The van der Waals surface area contributed by atoms with Crippen LogP contribution in [-0.2, 0) is 20.8 Å². The lowest BCUT2D eigenvalue weighted by molar-refractivity contribution is -0.147. The summed E-state index contributed by atoms with van der Waals surface area (Å²) in [5, 5.41) is 17.4. The summed E-state index contributed by atoms with van der Waals surface area (Å²) in [5.74, 6) is -2.20. The topological polar surface area (TPSA) is 134 Å². The van der Waals surface area contributed by atoms with E-state index in [9.17, 15) is 14.4 Å². The van der Waals surface area contributed by atoms with Gasteiger partial charge in [-0.3, -0.25) is 14.6 Å². The van der Waals surface area contributed by atoms with E-state index in [0.717, 1.165) is 16.7 Å². The lowest BCUT2D eigenvalue weighted by Gasteiger charge is -2.18. The Labute approximate surface area is 179 Å². The molecule has 0 saturated carbocycles. The van der Waals surface area contributed by atoms with Gasteiger partial charge in [-0.25, -0.2) is 4.79 Å². The maximum atomic E-state index is 10.9. The zero-order valence-electron chi connectivity index (χ0n) is 16.4. The van der Waals surface area contributed by atoms with Crippen molar-refractivity contribution in [3.63, 3.8) is 0 Å². The highest BCUT2D eigenvalue weighted by molar-refractivity contribution is 7.80. The second-order valence-corrected chi connectivity index (χ2v) is 7.41. The van der Waals surface area contributed by atoms with Gasteiger partial charge in [0.2, 0.25) is 5.91 Å². The predicted molar refractivity (Wildman–Crippen MR) is 115 cm³/mol. The molecule has 0 unspecified atom stereocenters. The molecule has 4 N–H and O–H groups in total. The van der Waals surface area contributed by atoms with Crippen LogP contribution in [0.5, 0.6) is 0 Å². The number of hydrogen-bond acceptors (Lipinski definition) is 6. The number of carboxylic acids is 2. The number of pyridine rings is 1. The van der Waals surface area contributed by atoms with Crippen LogP contribution in [0.2, 0.25) is 0 Å². The number of likely N-dealkylation sites (tertiary alicyclic amines) is 1. The number of hydrogen-bond donors (Lipinski definition) is 3. The van der Waals surface area contributed by atoms with Gasteiger partial charge in [0.05, 0.1) is 6.54 Å². The van der Waals surface area contributed by atoms with Crippen LogP contribution < -0.4 is 5.73 Å². The van der Waals surface area contributed by atoms with E-state index in [1.165, 1.54) is 11.8 Å². The van der Waals surface area contributed by atoms with Crippen molar-refractivity contribution >= 4 is 34.9 Å². The van der Waals surface area contributed by atoms with Crippen molar-refractivity contribution in [1.29, 1.82) is 0 Å². The molecule has 1 amide bonds. The first-order chi connectivity index (χ1) is 14.2. The highest BCUT2D eigenvalue weighted by Gasteiger charge is 2.34. The van der Waals surface area contributed by atoms with Crippen LogP contribution >= 0.6 is 12.2 Å². The second-order valence-electron chi connectivity index (χ2n) is 6.83. The zero-order valence-corrected chi connectivity index (χ0v) is 17.2. The minimum Gasteiger partial charge on any atom is -0.480 e. The molecule has 1 aromatic carbocycles. The first-order valence-electron chi connectivity index (χ1n) is 9.18. The second kappa shape index (κ2) is 10.6. The van der Waals surface area contributed by atoms with E-state index in [2.05, 4.69) is 4.98 Å². The smallest absolute Gasteiger partial charge is 0.326 e. The van der Waals surface area contributed by atoms with Gasteiger partial charge in [-0.1, -0.05) is 42.5 Å². The summed E-state index contributed by atoms with van der Waals surface area (Å²) in [6.45, 7) is 1.66. The van der Waals surface area contributed by atoms with E-state index >= 15 is 0 Å². The summed E-state index contributed by atoms with van der Waals surface area (Å²) in [6, 6.07) is 9.94. The summed E-state index contributed by atoms with van der Waals surface area (Å²) < 4.78 is 0. The van der Waals surface area contributed by atoms with Crippen LogP contribution in [0, 0.1) is 0 Å². The van der Waals surface area contributed by atoms with Gasteiger partial charge in [0.1, 0.15) is 12.1 Å². The Balaban J connectivity index is 0.000000232. The first-order valence-corrected chi connectivity index (χ1v) is 9.59. The molecule has 1 aromatic heterocycles. The van der Waals surface area contributed by atoms with Gasteiger partial charge < -0.3 is 20.8 Å². The van der Waals surface area contributed by atoms with Crippen LogP contribution in [-0.4, -0.2) is 61.4 Å². The van der Waals surface area contributed by atoms with E-state index in [1.54, 1.807) is 12.4 Å². The Morgan fingerprint density at radius 2 is 1.87 bits per heavy atom. The van der Waals surface area contributed by atoms with Crippen LogP contribution in [0.4, 0.5) is 0 Å². The minimum absolute atomic E-state index is 0.234. The first kappa shape index (κ1) is 23.1. The zero-order chi connectivity index (χ0) is 22.3. The van der Waals surface area contributed by atoms with Crippen LogP contribution in [0.25, 0.3) is 11.1 Å². The quantitative estimate of drug-likeness (QED) is 0.612. The lowest BCUT2D eigenvalue weighted by atomic mass is 10.0.